The summed E-state index contributed by atoms with van der Waals surface area (Å²) in [5.74, 6) is -0.868. The van der Waals surface area contributed by atoms with Crippen LogP contribution in [-0.2, 0) is 14.3 Å². The minimum Gasteiger partial charge on any atom is -0.480 e. The summed E-state index contributed by atoms with van der Waals surface area (Å²) in [4.78, 5) is 11.2. The molecule has 16 heavy (non-hydrogen) atoms. The van der Waals surface area contributed by atoms with E-state index in [0.717, 1.165) is 0 Å². The van der Waals surface area contributed by atoms with E-state index < -0.39 is 11.5 Å². The van der Waals surface area contributed by atoms with Gasteiger partial charge in [-0.05, 0) is 27.2 Å². The van der Waals surface area contributed by atoms with Crippen LogP contribution in [0.25, 0.3) is 0 Å². The highest BCUT2D eigenvalue weighted by molar-refractivity contribution is 5.78. The third-order valence-electron chi connectivity index (χ3n) is 2.42. The zero-order chi connectivity index (χ0) is 12.6. The molecule has 0 radical (unpaired) electrons. The summed E-state index contributed by atoms with van der Waals surface area (Å²) in [5.41, 5.74) is -0.966. The van der Waals surface area contributed by atoms with Crippen LogP contribution >= 0.6 is 0 Å². The smallest absolute Gasteiger partial charge is 0.323 e. The van der Waals surface area contributed by atoms with Crippen molar-refractivity contribution >= 4 is 5.97 Å². The lowest BCUT2D eigenvalue weighted by Crippen LogP contribution is -2.54. The predicted molar refractivity (Wildman–Crippen MR) is 61.6 cm³/mol. The van der Waals surface area contributed by atoms with Crippen molar-refractivity contribution in [2.45, 2.75) is 38.8 Å². The topological polar surface area (TPSA) is 67.8 Å². The number of carbonyl (C=O) groups is 1. The Labute approximate surface area is 97.1 Å². The Morgan fingerprint density at radius 3 is 2.62 bits per heavy atom. The van der Waals surface area contributed by atoms with Crippen LogP contribution in [0.15, 0.2) is 0 Å². The van der Waals surface area contributed by atoms with E-state index in [-0.39, 0.29) is 6.04 Å². The van der Waals surface area contributed by atoms with Crippen LogP contribution in [0.5, 0.6) is 0 Å². The number of hydrogen-bond donors (Lipinski definition) is 2. The van der Waals surface area contributed by atoms with Gasteiger partial charge in [0.25, 0.3) is 0 Å². The van der Waals surface area contributed by atoms with E-state index in [4.69, 9.17) is 9.47 Å². The first kappa shape index (κ1) is 15.3. The first-order chi connectivity index (χ1) is 7.46. The lowest BCUT2D eigenvalue weighted by atomic mass is 9.97. The van der Waals surface area contributed by atoms with Gasteiger partial charge in [0, 0.05) is 26.4 Å². The number of nitrogens with one attached hydrogen (secondary N) is 1. The van der Waals surface area contributed by atoms with Crippen molar-refractivity contribution in [3.8, 4) is 0 Å². The quantitative estimate of drug-likeness (QED) is 0.619. The Balaban J connectivity index is 4.25. The van der Waals surface area contributed by atoms with Gasteiger partial charge in [0.15, 0.2) is 0 Å². The Bertz CT molecular complexity index is 210. The summed E-state index contributed by atoms with van der Waals surface area (Å²) < 4.78 is 10.2. The molecule has 0 amide bonds. The van der Waals surface area contributed by atoms with Crippen LogP contribution in [0.2, 0.25) is 0 Å². The maximum Gasteiger partial charge on any atom is 0.323 e. The molecule has 0 aromatic carbocycles. The second-order valence-electron chi connectivity index (χ2n) is 4.08. The van der Waals surface area contributed by atoms with Crippen LogP contribution in [0.4, 0.5) is 0 Å². The summed E-state index contributed by atoms with van der Waals surface area (Å²) in [6.07, 6.45) is 0.426. The predicted octanol–water partition coefficient (Wildman–Crippen LogP) is 0.881. The molecule has 0 bridgehead atoms. The van der Waals surface area contributed by atoms with E-state index in [1.807, 2.05) is 13.8 Å². The van der Waals surface area contributed by atoms with Gasteiger partial charge in [-0.3, -0.25) is 10.1 Å². The van der Waals surface area contributed by atoms with E-state index >= 15 is 0 Å². The van der Waals surface area contributed by atoms with Crippen LogP contribution in [0, 0.1) is 0 Å². The molecule has 2 N–H and O–H groups in total. The lowest BCUT2D eigenvalue weighted by molar-refractivity contribution is -0.145. The maximum atomic E-state index is 11.2. The zero-order valence-electron chi connectivity index (χ0n) is 10.6. The van der Waals surface area contributed by atoms with Crippen molar-refractivity contribution in [3.05, 3.63) is 0 Å². The molecule has 0 aliphatic heterocycles. The van der Waals surface area contributed by atoms with Crippen LogP contribution in [-0.4, -0.2) is 49.6 Å². The van der Waals surface area contributed by atoms with Gasteiger partial charge < -0.3 is 14.6 Å². The Morgan fingerprint density at radius 1 is 1.56 bits per heavy atom. The molecule has 2 unspecified atom stereocenters. The highest BCUT2D eigenvalue weighted by Crippen LogP contribution is 2.11. The van der Waals surface area contributed by atoms with Gasteiger partial charge in [-0.2, -0.15) is 0 Å². The van der Waals surface area contributed by atoms with E-state index in [0.29, 0.717) is 26.2 Å². The fourth-order valence-electron chi connectivity index (χ4n) is 1.43. The van der Waals surface area contributed by atoms with Crippen molar-refractivity contribution in [2.75, 3.05) is 26.9 Å². The highest BCUT2D eigenvalue weighted by Gasteiger charge is 2.33. The largest absolute Gasteiger partial charge is 0.480 e. The minimum absolute atomic E-state index is 0.00194. The zero-order valence-corrected chi connectivity index (χ0v) is 10.6. The average Bonchev–Trinajstić information content (AvgIpc) is 2.23. The van der Waals surface area contributed by atoms with E-state index in [1.54, 1.807) is 14.0 Å². The standard InChI is InChI=1S/C11H23NO4/c1-5-16-8-9(2)12-11(3,10(13)14)6-7-15-4/h9,12H,5-8H2,1-4H3,(H,13,14). The van der Waals surface area contributed by atoms with Crippen molar-refractivity contribution in [2.24, 2.45) is 0 Å². The Kier molecular flexibility index (Phi) is 7.29. The van der Waals surface area contributed by atoms with Crippen LogP contribution in [0.1, 0.15) is 27.2 Å². The van der Waals surface area contributed by atoms with Crippen molar-refractivity contribution in [1.82, 2.24) is 5.32 Å². The van der Waals surface area contributed by atoms with Gasteiger partial charge in [-0.25, -0.2) is 0 Å². The molecule has 0 saturated carbocycles. The molecule has 5 heteroatoms. The molecule has 0 aliphatic carbocycles. The number of ether oxygens (including phenoxy) is 2. The fourth-order valence-corrected chi connectivity index (χ4v) is 1.43. The fraction of sp³-hybridized carbons (Fsp3) is 0.909. The number of aliphatic carboxylic acids is 1. The summed E-state index contributed by atoms with van der Waals surface area (Å²) in [6.45, 7) is 7.03. The van der Waals surface area contributed by atoms with Crippen molar-refractivity contribution < 1.29 is 19.4 Å². The average molecular weight is 233 g/mol. The number of rotatable bonds is 9. The summed E-state index contributed by atoms with van der Waals surface area (Å²) >= 11 is 0. The molecule has 96 valence electrons. The second kappa shape index (κ2) is 7.60. The molecule has 0 rings (SSSR count). The van der Waals surface area contributed by atoms with Gasteiger partial charge in [0.1, 0.15) is 5.54 Å². The third kappa shape index (κ3) is 5.44. The van der Waals surface area contributed by atoms with Crippen LogP contribution < -0.4 is 5.32 Å². The maximum absolute atomic E-state index is 11.2. The van der Waals surface area contributed by atoms with Crippen LogP contribution in [0.3, 0.4) is 0 Å². The first-order valence-corrected chi connectivity index (χ1v) is 5.54. The molecule has 5 nitrogen and oxygen atoms in total. The highest BCUT2D eigenvalue weighted by atomic mass is 16.5. The molecular formula is C11H23NO4. The lowest BCUT2D eigenvalue weighted by Gasteiger charge is -2.29. The Morgan fingerprint density at radius 2 is 2.19 bits per heavy atom. The van der Waals surface area contributed by atoms with Crippen molar-refractivity contribution in [1.29, 1.82) is 0 Å². The summed E-state index contributed by atoms with van der Waals surface area (Å²) in [5, 5.41) is 12.2. The normalized spacial score (nSPS) is 16.8. The molecule has 0 fully saturated rings. The van der Waals surface area contributed by atoms with Gasteiger partial charge in [0.2, 0.25) is 0 Å². The van der Waals surface area contributed by atoms with Gasteiger partial charge in [-0.1, -0.05) is 0 Å². The molecule has 0 heterocycles. The Hall–Kier alpha value is -0.650. The van der Waals surface area contributed by atoms with Gasteiger partial charge >= 0.3 is 5.97 Å². The molecule has 2 atom stereocenters. The number of methoxy groups -OCH3 is 1. The molecule has 0 aliphatic rings. The third-order valence-corrected chi connectivity index (χ3v) is 2.42. The molecule has 0 aromatic rings. The number of carboxylic acid groups (broad SMARTS) is 1. The molecule has 0 aromatic heterocycles. The number of hydrogen-bond acceptors (Lipinski definition) is 4. The van der Waals surface area contributed by atoms with Gasteiger partial charge in [0.05, 0.1) is 6.61 Å². The molecular weight excluding hydrogens is 210 g/mol. The van der Waals surface area contributed by atoms with E-state index in [1.165, 1.54) is 0 Å². The van der Waals surface area contributed by atoms with Gasteiger partial charge in [-0.15, -0.1) is 0 Å². The first-order valence-electron chi connectivity index (χ1n) is 5.54. The second-order valence-corrected chi connectivity index (χ2v) is 4.08. The molecule has 0 spiro atoms. The minimum atomic E-state index is -0.966. The summed E-state index contributed by atoms with van der Waals surface area (Å²) in [6, 6.07) is -0.00194. The monoisotopic (exact) mass is 233 g/mol. The van der Waals surface area contributed by atoms with Crippen molar-refractivity contribution in [3.63, 3.8) is 0 Å². The van der Waals surface area contributed by atoms with E-state index in [2.05, 4.69) is 5.32 Å². The number of carboxylic acids is 1. The summed E-state index contributed by atoms with van der Waals surface area (Å²) in [7, 11) is 1.56. The van der Waals surface area contributed by atoms with E-state index in [9.17, 15) is 9.90 Å². The SMILES string of the molecule is CCOCC(C)NC(C)(CCOC)C(=O)O. The molecule has 0 saturated heterocycles.